The van der Waals surface area contributed by atoms with Crippen LogP contribution in [0.3, 0.4) is 0 Å². The Kier molecular flexibility index (Phi) is 44.5. The van der Waals surface area contributed by atoms with Crippen molar-refractivity contribution in [1.29, 1.82) is 0 Å². The molecular weight excluding hydrogens is 721 g/mol. The van der Waals surface area contributed by atoms with E-state index in [0.717, 1.165) is 103 Å². The minimum atomic E-state index is -0.778. The molecule has 0 heterocycles. The quantitative estimate of drug-likeness (QED) is 0.0264. The molecule has 1 unspecified atom stereocenters. The van der Waals surface area contributed by atoms with Gasteiger partial charge in [-0.3, -0.25) is 14.4 Å². The zero-order valence-corrected chi connectivity index (χ0v) is 38.0. The maximum atomic E-state index is 12.7. The standard InChI is InChI=1S/C52H90O6/c1-4-7-10-13-15-17-19-21-23-25-27-28-30-32-34-36-39-42-45-51(54)57-48-49(47-56-50(53)44-41-38-12-9-6-3)58-52(55)46-43-40-37-35-33-31-29-26-24-22-20-18-16-14-11-8-5-2/h8,11,16-19,22-25,49H,4-7,9-10,12-15,20-21,26-48H2,1-3H3/b11-8-,18-16-,19-17-,24-22-,25-23-. The number of esters is 3. The van der Waals surface area contributed by atoms with Crippen LogP contribution in [-0.4, -0.2) is 37.2 Å². The summed E-state index contributed by atoms with van der Waals surface area (Å²) >= 11 is 0. The Morgan fingerprint density at radius 2 is 0.672 bits per heavy atom. The van der Waals surface area contributed by atoms with Crippen molar-refractivity contribution < 1.29 is 28.6 Å². The molecule has 1 atom stereocenters. The Morgan fingerprint density at radius 3 is 1.07 bits per heavy atom. The number of ether oxygens (including phenoxy) is 3. The second-order valence-electron chi connectivity index (χ2n) is 16.0. The van der Waals surface area contributed by atoms with Crippen LogP contribution in [0, 0.1) is 0 Å². The molecule has 0 amide bonds. The molecule has 6 heteroatoms. The van der Waals surface area contributed by atoms with Gasteiger partial charge >= 0.3 is 17.9 Å². The van der Waals surface area contributed by atoms with Crippen molar-refractivity contribution in [3.05, 3.63) is 60.8 Å². The number of allylic oxidation sites excluding steroid dienone is 10. The molecule has 0 bridgehead atoms. The minimum Gasteiger partial charge on any atom is -0.462 e. The van der Waals surface area contributed by atoms with Crippen LogP contribution in [0.5, 0.6) is 0 Å². The normalized spacial score (nSPS) is 12.5. The van der Waals surface area contributed by atoms with Crippen LogP contribution in [0.2, 0.25) is 0 Å². The van der Waals surface area contributed by atoms with Gasteiger partial charge in [0.15, 0.2) is 6.10 Å². The third kappa shape index (κ3) is 44.2. The summed E-state index contributed by atoms with van der Waals surface area (Å²) in [6.45, 7) is 6.41. The summed E-state index contributed by atoms with van der Waals surface area (Å²) < 4.78 is 16.6. The van der Waals surface area contributed by atoms with Crippen molar-refractivity contribution in [1.82, 2.24) is 0 Å². The van der Waals surface area contributed by atoms with Gasteiger partial charge in [0.1, 0.15) is 13.2 Å². The fourth-order valence-electron chi connectivity index (χ4n) is 6.60. The van der Waals surface area contributed by atoms with Gasteiger partial charge in [0, 0.05) is 19.3 Å². The van der Waals surface area contributed by atoms with Crippen LogP contribution in [-0.2, 0) is 28.6 Å². The second-order valence-corrected chi connectivity index (χ2v) is 16.0. The maximum absolute atomic E-state index is 12.7. The highest BCUT2D eigenvalue weighted by Crippen LogP contribution is 2.14. The number of unbranched alkanes of at least 4 members (excludes halogenated alkanes) is 22. The zero-order valence-electron chi connectivity index (χ0n) is 38.0. The Morgan fingerprint density at radius 1 is 0.362 bits per heavy atom. The van der Waals surface area contributed by atoms with E-state index in [1.54, 1.807) is 0 Å². The number of hydrogen-bond donors (Lipinski definition) is 0. The smallest absolute Gasteiger partial charge is 0.306 e. The predicted octanol–water partition coefficient (Wildman–Crippen LogP) is 15.7. The molecule has 0 aliphatic heterocycles. The van der Waals surface area contributed by atoms with E-state index >= 15 is 0 Å². The fraction of sp³-hybridized carbons (Fsp3) is 0.750. The highest BCUT2D eigenvalue weighted by atomic mass is 16.6. The molecule has 0 spiro atoms. The summed E-state index contributed by atoms with van der Waals surface area (Å²) in [6.07, 6.45) is 56.6. The van der Waals surface area contributed by atoms with Crippen LogP contribution < -0.4 is 0 Å². The SMILES string of the molecule is CC/C=C\C/C=C\C/C=C\CCCCCCCCCC(=O)OC(COC(=O)CCCCCCC)COC(=O)CCCCCCCCC/C=C\C/C=C\CCCCCC. The molecule has 0 aliphatic carbocycles. The molecule has 0 radical (unpaired) electrons. The highest BCUT2D eigenvalue weighted by Gasteiger charge is 2.19. The van der Waals surface area contributed by atoms with E-state index in [2.05, 4.69) is 81.5 Å². The first-order valence-corrected chi connectivity index (χ1v) is 24.3. The number of carbonyl (C=O) groups excluding carboxylic acids is 3. The van der Waals surface area contributed by atoms with Crippen LogP contribution in [0.4, 0.5) is 0 Å². The van der Waals surface area contributed by atoms with Crippen molar-refractivity contribution >= 4 is 17.9 Å². The van der Waals surface area contributed by atoms with Crippen LogP contribution in [0.1, 0.15) is 233 Å². The van der Waals surface area contributed by atoms with Crippen LogP contribution >= 0.6 is 0 Å². The molecule has 0 aromatic carbocycles. The molecule has 6 nitrogen and oxygen atoms in total. The molecule has 0 aliphatic rings. The molecule has 0 aromatic rings. The van der Waals surface area contributed by atoms with E-state index in [-0.39, 0.29) is 31.1 Å². The Balaban J connectivity index is 4.22. The molecule has 0 fully saturated rings. The molecule has 0 saturated heterocycles. The van der Waals surface area contributed by atoms with Crippen LogP contribution in [0.15, 0.2) is 60.8 Å². The van der Waals surface area contributed by atoms with Crippen molar-refractivity contribution in [2.45, 2.75) is 239 Å². The zero-order chi connectivity index (χ0) is 42.3. The van der Waals surface area contributed by atoms with Crippen molar-refractivity contribution in [3.63, 3.8) is 0 Å². The van der Waals surface area contributed by atoms with Gasteiger partial charge in [-0.1, -0.05) is 191 Å². The maximum Gasteiger partial charge on any atom is 0.306 e. The van der Waals surface area contributed by atoms with Gasteiger partial charge < -0.3 is 14.2 Å². The first kappa shape index (κ1) is 55.1. The van der Waals surface area contributed by atoms with E-state index in [0.29, 0.717) is 19.3 Å². The van der Waals surface area contributed by atoms with Gasteiger partial charge in [-0.05, 0) is 83.5 Å². The number of hydrogen-bond acceptors (Lipinski definition) is 6. The minimum absolute atomic E-state index is 0.0820. The fourth-order valence-corrected chi connectivity index (χ4v) is 6.60. The Bertz CT molecular complexity index is 1070. The summed E-state index contributed by atoms with van der Waals surface area (Å²) in [5.41, 5.74) is 0. The lowest BCUT2D eigenvalue weighted by molar-refractivity contribution is -0.167. The van der Waals surface area contributed by atoms with Gasteiger partial charge in [-0.2, -0.15) is 0 Å². The lowest BCUT2D eigenvalue weighted by Crippen LogP contribution is -2.30. The predicted molar refractivity (Wildman–Crippen MR) is 247 cm³/mol. The first-order valence-electron chi connectivity index (χ1n) is 24.3. The average Bonchev–Trinajstić information content (AvgIpc) is 3.22. The van der Waals surface area contributed by atoms with Gasteiger partial charge in [0.25, 0.3) is 0 Å². The lowest BCUT2D eigenvalue weighted by atomic mass is 10.1. The molecule has 0 N–H and O–H groups in total. The van der Waals surface area contributed by atoms with Crippen LogP contribution in [0.25, 0.3) is 0 Å². The first-order chi connectivity index (χ1) is 28.5. The van der Waals surface area contributed by atoms with E-state index in [9.17, 15) is 14.4 Å². The summed E-state index contributed by atoms with van der Waals surface area (Å²) in [7, 11) is 0. The van der Waals surface area contributed by atoms with Crippen molar-refractivity contribution in [2.24, 2.45) is 0 Å². The van der Waals surface area contributed by atoms with E-state index in [1.165, 1.54) is 89.9 Å². The van der Waals surface area contributed by atoms with Crippen molar-refractivity contribution in [2.75, 3.05) is 13.2 Å². The molecule has 0 saturated carbocycles. The van der Waals surface area contributed by atoms with Gasteiger partial charge in [0.2, 0.25) is 0 Å². The Hall–Kier alpha value is -2.89. The van der Waals surface area contributed by atoms with Gasteiger partial charge in [0.05, 0.1) is 0 Å². The summed E-state index contributed by atoms with van der Waals surface area (Å²) in [6, 6.07) is 0. The number of carbonyl (C=O) groups is 3. The molecule has 0 aromatic heterocycles. The van der Waals surface area contributed by atoms with Gasteiger partial charge in [-0.25, -0.2) is 0 Å². The van der Waals surface area contributed by atoms with Gasteiger partial charge in [-0.15, -0.1) is 0 Å². The van der Waals surface area contributed by atoms with Crippen molar-refractivity contribution in [3.8, 4) is 0 Å². The highest BCUT2D eigenvalue weighted by molar-refractivity contribution is 5.71. The average molecular weight is 811 g/mol. The van der Waals surface area contributed by atoms with E-state index in [4.69, 9.17) is 14.2 Å². The lowest BCUT2D eigenvalue weighted by Gasteiger charge is -2.18. The molecular formula is C52H90O6. The molecule has 58 heavy (non-hydrogen) atoms. The molecule has 334 valence electrons. The largest absolute Gasteiger partial charge is 0.462 e. The van der Waals surface area contributed by atoms with E-state index in [1.807, 2.05) is 0 Å². The summed E-state index contributed by atoms with van der Waals surface area (Å²) in [5, 5.41) is 0. The second kappa shape index (κ2) is 46.8. The third-order valence-corrected chi connectivity index (χ3v) is 10.3. The topological polar surface area (TPSA) is 78.9 Å². The molecule has 0 rings (SSSR count). The monoisotopic (exact) mass is 811 g/mol. The summed E-state index contributed by atoms with van der Waals surface area (Å²) in [5.74, 6) is -0.913. The van der Waals surface area contributed by atoms with E-state index < -0.39 is 6.10 Å². The Labute approximate surface area is 358 Å². The number of rotatable bonds is 43. The summed E-state index contributed by atoms with van der Waals surface area (Å²) in [4.78, 5) is 37.6. The third-order valence-electron chi connectivity index (χ3n) is 10.3.